The average Bonchev–Trinajstić information content (AvgIpc) is 2.45. The predicted molar refractivity (Wildman–Crippen MR) is 81.0 cm³/mol. The Bertz CT molecular complexity index is 284. The van der Waals surface area contributed by atoms with Crippen molar-refractivity contribution in [3.63, 3.8) is 0 Å². The van der Waals surface area contributed by atoms with Gasteiger partial charge in [-0.1, -0.05) is 32.6 Å². The SMILES string of the molecule is CCCCCC(NC(=O)C(N)CCCCN)C(=O)NC. The zero-order valence-electron chi connectivity index (χ0n) is 12.8. The van der Waals surface area contributed by atoms with Crippen molar-refractivity contribution in [2.75, 3.05) is 13.6 Å². The fourth-order valence-electron chi connectivity index (χ4n) is 1.96. The summed E-state index contributed by atoms with van der Waals surface area (Å²) in [5, 5.41) is 5.32. The summed E-state index contributed by atoms with van der Waals surface area (Å²) in [7, 11) is 1.57. The number of nitrogens with one attached hydrogen (secondary N) is 2. The van der Waals surface area contributed by atoms with Crippen LogP contribution in [0.3, 0.4) is 0 Å². The summed E-state index contributed by atoms with van der Waals surface area (Å²) in [5.41, 5.74) is 11.2. The van der Waals surface area contributed by atoms with E-state index in [1.54, 1.807) is 7.05 Å². The van der Waals surface area contributed by atoms with Gasteiger partial charge < -0.3 is 22.1 Å². The Labute approximate surface area is 122 Å². The zero-order valence-corrected chi connectivity index (χ0v) is 12.8. The molecular formula is C14H30N4O2. The van der Waals surface area contributed by atoms with Crippen LogP contribution in [0.1, 0.15) is 51.9 Å². The number of rotatable bonds is 11. The van der Waals surface area contributed by atoms with Gasteiger partial charge in [-0.15, -0.1) is 0 Å². The quantitative estimate of drug-likeness (QED) is 0.408. The lowest BCUT2D eigenvalue weighted by atomic mass is 10.1. The second kappa shape index (κ2) is 11.7. The first-order valence-corrected chi connectivity index (χ1v) is 7.54. The molecule has 0 aliphatic heterocycles. The molecule has 0 heterocycles. The largest absolute Gasteiger partial charge is 0.357 e. The molecule has 20 heavy (non-hydrogen) atoms. The fourth-order valence-corrected chi connectivity index (χ4v) is 1.96. The summed E-state index contributed by atoms with van der Waals surface area (Å²) >= 11 is 0. The second-order valence-electron chi connectivity index (χ2n) is 5.06. The number of amides is 2. The number of unbranched alkanes of at least 4 members (excludes halogenated alkanes) is 3. The van der Waals surface area contributed by atoms with E-state index in [4.69, 9.17) is 11.5 Å². The van der Waals surface area contributed by atoms with Crippen molar-refractivity contribution in [3.05, 3.63) is 0 Å². The van der Waals surface area contributed by atoms with E-state index in [0.717, 1.165) is 32.1 Å². The number of carbonyl (C=O) groups is 2. The van der Waals surface area contributed by atoms with Crippen molar-refractivity contribution in [1.82, 2.24) is 10.6 Å². The molecule has 0 saturated heterocycles. The molecule has 0 saturated carbocycles. The number of hydrogen-bond acceptors (Lipinski definition) is 4. The van der Waals surface area contributed by atoms with Gasteiger partial charge in [0.15, 0.2) is 0 Å². The highest BCUT2D eigenvalue weighted by molar-refractivity contribution is 5.89. The van der Waals surface area contributed by atoms with Crippen molar-refractivity contribution in [2.45, 2.75) is 64.0 Å². The molecule has 2 amide bonds. The Morgan fingerprint density at radius 1 is 1.05 bits per heavy atom. The molecule has 0 aliphatic rings. The third kappa shape index (κ3) is 8.12. The molecule has 0 aliphatic carbocycles. The Hall–Kier alpha value is -1.14. The monoisotopic (exact) mass is 286 g/mol. The molecule has 0 aromatic rings. The van der Waals surface area contributed by atoms with Crippen LogP contribution in [0.15, 0.2) is 0 Å². The number of carbonyl (C=O) groups excluding carboxylic acids is 2. The van der Waals surface area contributed by atoms with Crippen molar-refractivity contribution in [2.24, 2.45) is 11.5 Å². The lowest BCUT2D eigenvalue weighted by molar-refractivity contribution is -0.129. The van der Waals surface area contributed by atoms with Crippen LogP contribution in [0.2, 0.25) is 0 Å². The maximum Gasteiger partial charge on any atom is 0.242 e. The van der Waals surface area contributed by atoms with Crippen LogP contribution in [0.5, 0.6) is 0 Å². The summed E-state index contributed by atoms with van der Waals surface area (Å²) < 4.78 is 0. The minimum Gasteiger partial charge on any atom is -0.357 e. The van der Waals surface area contributed by atoms with Crippen LogP contribution < -0.4 is 22.1 Å². The highest BCUT2D eigenvalue weighted by Gasteiger charge is 2.22. The van der Waals surface area contributed by atoms with Crippen molar-refractivity contribution in [1.29, 1.82) is 0 Å². The number of nitrogens with two attached hydrogens (primary N) is 2. The van der Waals surface area contributed by atoms with Gasteiger partial charge >= 0.3 is 0 Å². The van der Waals surface area contributed by atoms with Crippen LogP contribution in [-0.2, 0) is 9.59 Å². The predicted octanol–water partition coefficient (Wildman–Crippen LogP) is 0.254. The molecule has 6 nitrogen and oxygen atoms in total. The van der Waals surface area contributed by atoms with E-state index in [2.05, 4.69) is 17.6 Å². The van der Waals surface area contributed by atoms with E-state index >= 15 is 0 Å². The van der Waals surface area contributed by atoms with Crippen molar-refractivity contribution >= 4 is 11.8 Å². The maximum atomic E-state index is 12.0. The van der Waals surface area contributed by atoms with Crippen LogP contribution in [-0.4, -0.2) is 37.5 Å². The summed E-state index contributed by atoms with van der Waals surface area (Å²) in [6.07, 6.45) is 5.96. The minimum absolute atomic E-state index is 0.163. The zero-order chi connectivity index (χ0) is 15.4. The summed E-state index contributed by atoms with van der Waals surface area (Å²) in [6.45, 7) is 2.70. The Morgan fingerprint density at radius 2 is 1.70 bits per heavy atom. The van der Waals surface area contributed by atoms with Crippen LogP contribution in [0.25, 0.3) is 0 Å². The van der Waals surface area contributed by atoms with Gasteiger partial charge in [-0.05, 0) is 25.8 Å². The molecule has 118 valence electrons. The highest BCUT2D eigenvalue weighted by atomic mass is 16.2. The normalized spacial score (nSPS) is 13.6. The molecule has 0 radical (unpaired) electrons. The van der Waals surface area contributed by atoms with Gasteiger partial charge in [0.25, 0.3) is 0 Å². The smallest absolute Gasteiger partial charge is 0.242 e. The van der Waals surface area contributed by atoms with E-state index in [0.29, 0.717) is 19.4 Å². The first kappa shape index (κ1) is 18.9. The number of likely N-dealkylation sites (N-methyl/N-ethyl adjacent to an activating group) is 1. The lowest BCUT2D eigenvalue weighted by Crippen LogP contribution is -2.51. The first-order chi connectivity index (χ1) is 9.56. The maximum absolute atomic E-state index is 12.0. The molecule has 0 aromatic heterocycles. The van der Waals surface area contributed by atoms with Crippen molar-refractivity contribution in [3.8, 4) is 0 Å². The fraction of sp³-hybridized carbons (Fsp3) is 0.857. The minimum atomic E-state index is -0.570. The second-order valence-corrected chi connectivity index (χ2v) is 5.06. The van der Waals surface area contributed by atoms with Crippen LogP contribution in [0, 0.1) is 0 Å². The Morgan fingerprint density at radius 3 is 2.25 bits per heavy atom. The molecule has 6 N–H and O–H groups in total. The molecule has 0 aromatic carbocycles. The molecule has 0 fully saturated rings. The van der Waals surface area contributed by atoms with Gasteiger partial charge in [0.2, 0.25) is 11.8 Å². The lowest BCUT2D eigenvalue weighted by Gasteiger charge is -2.19. The molecule has 0 spiro atoms. The van der Waals surface area contributed by atoms with Gasteiger partial charge in [0.05, 0.1) is 6.04 Å². The molecule has 2 unspecified atom stereocenters. The topological polar surface area (TPSA) is 110 Å². The summed E-state index contributed by atoms with van der Waals surface area (Å²) in [6, 6.07) is -1.06. The van der Waals surface area contributed by atoms with E-state index in [1.807, 2.05) is 0 Å². The van der Waals surface area contributed by atoms with Gasteiger partial charge in [0, 0.05) is 7.05 Å². The molecule has 0 bridgehead atoms. The van der Waals surface area contributed by atoms with Gasteiger partial charge in [-0.25, -0.2) is 0 Å². The van der Waals surface area contributed by atoms with E-state index in [1.165, 1.54) is 0 Å². The van der Waals surface area contributed by atoms with E-state index < -0.39 is 12.1 Å². The Kier molecular flexibility index (Phi) is 11.0. The van der Waals surface area contributed by atoms with Crippen molar-refractivity contribution < 1.29 is 9.59 Å². The van der Waals surface area contributed by atoms with E-state index in [-0.39, 0.29) is 11.8 Å². The third-order valence-electron chi connectivity index (χ3n) is 3.28. The Balaban J connectivity index is 4.25. The summed E-state index contributed by atoms with van der Waals surface area (Å²) in [5.74, 6) is -0.421. The average molecular weight is 286 g/mol. The van der Waals surface area contributed by atoms with Crippen LogP contribution in [0.4, 0.5) is 0 Å². The van der Waals surface area contributed by atoms with Gasteiger partial charge in [-0.3, -0.25) is 9.59 Å². The highest BCUT2D eigenvalue weighted by Crippen LogP contribution is 2.05. The van der Waals surface area contributed by atoms with Crippen LogP contribution >= 0.6 is 0 Å². The van der Waals surface area contributed by atoms with Gasteiger partial charge in [-0.2, -0.15) is 0 Å². The molecule has 0 rings (SSSR count). The third-order valence-corrected chi connectivity index (χ3v) is 3.28. The molecule has 6 heteroatoms. The van der Waals surface area contributed by atoms with E-state index in [9.17, 15) is 9.59 Å². The summed E-state index contributed by atoms with van der Waals surface area (Å²) in [4.78, 5) is 23.7. The standard InChI is InChI=1S/C14H30N4O2/c1-3-4-5-9-12(14(20)17-2)18-13(19)11(16)8-6-7-10-15/h11-12H,3-10,15-16H2,1-2H3,(H,17,20)(H,18,19). The first-order valence-electron chi connectivity index (χ1n) is 7.54. The van der Waals surface area contributed by atoms with Gasteiger partial charge in [0.1, 0.15) is 6.04 Å². The molecule has 2 atom stereocenters. The number of hydrogen-bond donors (Lipinski definition) is 4. The molecular weight excluding hydrogens is 256 g/mol.